The highest BCUT2D eigenvalue weighted by atomic mass is 16.2. The number of hydrogen-bond donors (Lipinski definition) is 2. The lowest BCUT2D eigenvalue weighted by atomic mass is 10.0. The largest absolute Gasteiger partial charge is 0.354 e. The van der Waals surface area contributed by atoms with Crippen LogP contribution in [0.2, 0.25) is 0 Å². The third-order valence-electron chi connectivity index (χ3n) is 3.72. The van der Waals surface area contributed by atoms with Crippen molar-refractivity contribution in [3.63, 3.8) is 0 Å². The van der Waals surface area contributed by atoms with Gasteiger partial charge in [-0.2, -0.15) is 0 Å². The van der Waals surface area contributed by atoms with Crippen molar-refractivity contribution < 1.29 is 9.59 Å². The van der Waals surface area contributed by atoms with Gasteiger partial charge in [-0.3, -0.25) is 9.59 Å². The highest BCUT2D eigenvalue weighted by Gasteiger charge is 2.17. The summed E-state index contributed by atoms with van der Waals surface area (Å²) in [7, 11) is 0. The van der Waals surface area contributed by atoms with Gasteiger partial charge < -0.3 is 10.6 Å². The fourth-order valence-electron chi connectivity index (χ4n) is 2.62. The second kappa shape index (κ2) is 7.68. The van der Waals surface area contributed by atoms with Crippen LogP contribution >= 0.6 is 0 Å². The van der Waals surface area contributed by atoms with E-state index in [-0.39, 0.29) is 11.8 Å². The van der Waals surface area contributed by atoms with E-state index in [9.17, 15) is 9.59 Å². The number of nitrogens with one attached hydrogen (secondary N) is 2. The van der Waals surface area contributed by atoms with E-state index < -0.39 is 0 Å². The minimum atomic E-state index is -0.101. The van der Waals surface area contributed by atoms with Crippen LogP contribution < -0.4 is 10.6 Å². The minimum absolute atomic E-state index is 0.101. The summed E-state index contributed by atoms with van der Waals surface area (Å²) in [6.07, 6.45) is 5.50. The Morgan fingerprint density at radius 1 is 1.00 bits per heavy atom. The molecule has 4 nitrogen and oxygen atoms in total. The molecule has 1 aliphatic rings. The first kappa shape index (κ1) is 14.6. The number of carbonyl (C=O) groups excluding carboxylic acids is 2. The molecule has 2 amide bonds. The fourth-order valence-corrected chi connectivity index (χ4v) is 2.62. The van der Waals surface area contributed by atoms with E-state index in [0.29, 0.717) is 31.0 Å². The van der Waals surface area contributed by atoms with E-state index in [1.165, 1.54) is 25.7 Å². The maximum Gasteiger partial charge on any atom is 0.251 e. The molecule has 4 heteroatoms. The predicted molar refractivity (Wildman–Crippen MR) is 78.4 cm³/mol. The zero-order chi connectivity index (χ0) is 14.2. The molecular formula is C16H22N2O2. The minimum Gasteiger partial charge on any atom is -0.354 e. The predicted octanol–water partition coefficient (Wildman–Crippen LogP) is 2.11. The molecule has 0 unspecified atom stereocenters. The van der Waals surface area contributed by atoms with Gasteiger partial charge in [-0.1, -0.05) is 31.0 Å². The topological polar surface area (TPSA) is 58.2 Å². The molecule has 2 N–H and O–H groups in total. The normalized spacial score (nSPS) is 15.0. The van der Waals surface area contributed by atoms with Crippen LogP contribution in [0.25, 0.3) is 0 Å². The molecule has 1 aromatic carbocycles. The van der Waals surface area contributed by atoms with Gasteiger partial charge in [-0.25, -0.2) is 0 Å². The van der Waals surface area contributed by atoms with E-state index in [4.69, 9.17) is 0 Å². The molecule has 0 bridgehead atoms. The third-order valence-corrected chi connectivity index (χ3v) is 3.72. The number of hydrogen-bond acceptors (Lipinski definition) is 2. The van der Waals surface area contributed by atoms with Crippen molar-refractivity contribution in [1.82, 2.24) is 10.6 Å². The smallest absolute Gasteiger partial charge is 0.251 e. The summed E-state index contributed by atoms with van der Waals surface area (Å²) in [4.78, 5) is 23.4. The van der Waals surface area contributed by atoms with E-state index in [1.807, 2.05) is 18.2 Å². The Hall–Kier alpha value is -1.84. The molecule has 108 valence electrons. The number of carbonyl (C=O) groups is 2. The zero-order valence-corrected chi connectivity index (χ0v) is 11.7. The molecular weight excluding hydrogens is 252 g/mol. The fraction of sp³-hybridized carbons (Fsp3) is 0.500. The summed E-state index contributed by atoms with van der Waals surface area (Å²) in [6.45, 7) is 0.953. The van der Waals surface area contributed by atoms with Gasteiger partial charge in [-0.15, -0.1) is 0 Å². The van der Waals surface area contributed by atoms with Crippen LogP contribution in [0, 0.1) is 5.92 Å². The standard InChI is InChI=1S/C16H22N2O2/c19-15(12-13-6-4-5-7-13)17-10-11-18-16(20)14-8-2-1-3-9-14/h1-3,8-9,13H,4-7,10-12H2,(H,17,19)(H,18,20). The monoisotopic (exact) mass is 274 g/mol. The third kappa shape index (κ3) is 4.68. The molecule has 0 aromatic heterocycles. The molecule has 0 spiro atoms. The van der Waals surface area contributed by atoms with Gasteiger partial charge >= 0.3 is 0 Å². The van der Waals surface area contributed by atoms with Crippen LogP contribution in [0.5, 0.6) is 0 Å². The SMILES string of the molecule is O=C(CC1CCCC1)NCCNC(=O)c1ccccc1. The molecule has 0 radical (unpaired) electrons. The molecule has 2 rings (SSSR count). The van der Waals surface area contributed by atoms with Crippen LogP contribution in [0.4, 0.5) is 0 Å². The van der Waals surface area contributed by atoms with Crippen molar-refractivity contribution in [3.05, 3.63) is 35.9 Å². The number of amides is 2. The van der Waals surface area contributed by atoms with Gasteiger partial charge in [0.1, 0.15) is 0 Å². The van der Waals surface area contributed by atoms with E-state index in [1.54, 1.807) is 12.1 Å². The lowest BCUT2D eigenvalue weighted by Gasteiger charge is -2.10. The second-order valence-electron chi connectivity index (χ2n) is 5.33. The highest BCUT2D eigenvalue weighted by Crippen LogP contribution is 2.27. The quantitative estimate of drug-likeness (QED) is 0.781. The van der Waals surface area contributed by atoms with Gasteiger partial charge in [0.15, 0.2) is 0 Å². The lowest BCUT2D eigenvalue weighted by Crippen LogP contribution is -2.35. The van der Waals surface area contributed by atoms with Crippen LogP contribution in [0.3, 0.4) is 0 Å². The van der Waals surface area contributed by atoms with Crippen molar-refractivity contribution in [2.45, 2.75) is 32.1 Å². The summed E-state index contributed by atoms with van der Waals surface area (Å²) >= 11 is 0. The first-order valence-electron chi connectivity index (χ1n) is 7.35. The maximum absolute atomic E-state index is 11.7. The Morgan fingerprint density at radius 2 is 1.65 bits per heavy atom. The van der Waals surface area contributed by atoms with Crippen LogP contribution in [0.15, 0.2) is 30.3 Å². The van der Waals surface area contributed by atoms with Crippen LogP contribution in [-0.2, 0) is 4.79 Å². The van der Waals surface area contributed by atoms with Crippen LogP contribution in [-0.4, -0.2) is 24.9 Å². The highest BCUT2D eigenvalue weighted by molar-refractivity contribution is 5.94. The molecule has 1 fully saturated rings. The van der Waals surface area contributed by atoms with E-state index >= 15 is 0 Å². The molecule has 0 heterocycles. The first-order valence-corrected chi connectivity index (χ1v) is 7.35. The van der Waals surface area contributed by atoms with Gasteiger partial charge in [0, 0.05) is 25.1 Å². The average Bonchev–Trinajstić information content (AvgIpc) is 2.97. The zero-order valence-electron chi connectivity index (χ0n) is 11.7. The number of rotatable bonds is 6. The molecule has 1 aliphatic carbocycles. The van der Waals surface area contributed by atoms with Crippen molar-refractivity contribution in [3.8, 4) is 0 Å². The number of benzene rings is 1. The van der Waals surface area contributed by atoms with Gasteiger partial charge in [0.05, 0.1) is 0 Å². The van der Waals surface area contributed by atoms with Crippen molar-refractivity contribution in [2.24, 2.45) is 5.92 Å². The summed E-state index contributed by atoms with van der Waals surface area (Å²) in [5.74, 6) is 0.565. The van der Waals surface area contributed by atoms with E-state index in [0.717, 1.165) is 0 Å². The Labute approximate surface area is 119 Å². The molecule has 1 aromatic rings. The molecule has 0 saturated heterocycles. The summed E-state index contributed by atoms with van der Waals surface area (Å²) in [5.41, 5.74) is 0.643. The van der Waals surface area contributed by atoms with Crippen molar-refractivity contribution in [2.75, 3.05) is 13.1 Å². The molecule has 0 atom stereocenters. The van der Waals surface area contributed by atoms with Crippen molar-refractivity contribution >= 4 is 11.8 Å². The Bertz CT molecular complexity index is 439. The van der Waals surface area contributed by atoms with E-state index in [2.05, 4.69) is 10.6 Å². The first-order chi connectivity index (χ1) is 9.75. The van der Waals surface area contributed by atoms with Gasteiger partial charge in [0.25, 0.3) is 5.91 Å². The Morgan fingerprint density at radius 3 is 2.35 bits per heavy atom. The summed E-state index contributed by atoms with van der Waals surface area (Å²) < 4.78 is 0. The van der Waals surface area contributed by atoms with Crippen LogP contribution in [0.1, 0.15) is 42.5 Å². The summed E-state index contributed by atoms with van der Waals surface area (Å²) in [6, 6.07) is 9.08. The van der Waals surface area contributed by atoms with Gasteiger partial charge in [0.2, 0.25) is 5.91 Å². The molecule has 0 aliphatic heterocycles. The van der Waals surface area contributed by atoms with Gasteiger partial charge in [-0.05, 0) is 30.9 Å². The second-order valence-corrected chi connectivity index (χ2v) is 5.33. The maximum atomic E-state index is 11.7. The van der Waals surface area contributed by atoms with Crippen molar-refractivity contribution in [1.29, 1.82) is 0 Å². The molecule has 20 heavy (non-hydrogen) atoms. The Kier molecular flexibility index (Phi) is 5.59. The average molecular weight is 274 g/mol. The summed E-state index contributed by atoms with van der Waals surface area (Å²) in [5, 5.41) is 5.66. The lowest BCUT2D eigenvalue weighted by molar-refractivity contribution is -0.121. The molecule has 1 saturated carbocycles. The Balaban J connectivity index is 1.59.